The third-order valence-electron chi connectivity index (χ3n) is 1.28. The second-order valence-electron chi connectivity index (χ2n) is 2.17. The quantitative estimate of drug-likeness (QED) is 0.603. The molecule has 0 fully saturated rings. The van der Waals surface area contributed by atoms with E-state index in [-0.39, 0.29) is 18.0 Å². The number of carbonyl (C=O) groups is 2. The number of esters is 1. The zero-order chi connectivity index (χ0) is 9.84. The number of aromatic amines is 1. The highest BCUT2D eigenvalue weighted by atomic mass is 16.5. The largest absolute Gasteiger partial charge is 0.543 e. The Bertz CT molecular complexity index is 331. The van der Waals surface area contributed by atoms with Crippen molar-refractivity contribution in [3.8, 4) is 0 Å². The van der Waals surface area contributed by atoms with Crippen LogP contribution in [0.1, 0.15) is 27.9 Å². The Kier molecular flexibility index (Phi) is 2.63. The van der Waals surface area contributed by atoms with E-state index >= 15 is 0 Å². The van der Waals surface area contributed by atoms with Crippen molar-refractivity contribution in [1.29, 1.82) is 0 Å². The van der Waals surface area contributed by atoms with Crippen molar-refractivity contribution >= 4 is 11.9 Å². The van der Waals surface area contributed by atoms with Crippen LogP contribution in [-0.2, 0) is 4.74 Å². The highest BCUT2D eigenvalue weighted by molar-refractivity contribution is 5.91. The highest BCUT2D eigenvalue weighted by Gasteiger charge is 2.10. The van der Waals surface area contributed by atoms with Crippen LogP contribution in [-0.4, -0.2) is 28.7 Å². The molecule has 1 N–H and O–H groups in total. The molecule has 6 nitrogen and oxygen atoms in total. The molecular formula is C7H7N2O4-. The molecule has 1 aromatic heterocycles. The van der Waals surface area contributed by atoms with E-state index in [0.717, 1.165) is 6.07 Å². The second kappa shape index (κ2) is 3.70. The van der Waals surface area contributed by atoms with E-state index in [1.54, 1.807) is 6.92 Å². The molecule has 0 bridgehead atoms. The first-order valence-electron chi connectivity index (χ1n) is 3.59. The Labute approximate surface area is 73.5 Å². The maximum atomic E-state index is 11.0. The van der Waals surface area contributed by atoms with Gasteiger partial charge in [0.2, 0.25) is 0 Å². The lowest BCUT2D eigenvalue weighted by atomic mass is 10.3. The predicted molar refractivity (Wildman–Crippen MR) is 38.9 cm³/mol. The first-order valence-corrected chi connectivity index (χ1v) is 3.59. The van der Waals surface area contributed by atoms with Crippen molar-refractivity contribution < 1.29 is 19.4 Å². The van der Waals surface area contributed by atoms with Gasteiger partial charge >= 0.3 is 5.97 Å². The van der Waals surface area contributed by atoms with Crippen molar-refractivity contribution in [1.82, 2.24) is 10.2 Å². The summed E-state index contributed by atoms with van der Waals surface area (Å²) in [4.78, 5) is 21.2. The number of hydrogen-bond acceptors (Lipinski definition) is 5. The van der Waals surface area contributed by atoms with Crippen LogP contribution < -0.4 is 5.11 Å². The molecule has 0 saturated heterocycles. The summed E-state index contributed by atoms with van der Waals surface area (Å²) < 4.78 is 4.60. The Hall–Kier alpha value is -1.85. The number of hydrogen-bond donors (Lipinski definition) is 1. The van der Waals surface area contributed by atoms with Gasteiger partial charge in [-0.2, -0.15) is 5.10 Å². The zero-order valence-corrected chi connectivity index (χ0v) is 6.86. The summed E-state index contributed by atoms with van der Waals surface area (Å²) in [6.45, 7) is 1.87. The van der Waals surface area contributed by atoms with Crippen molar-refractivity contribution in [3.05, 3.63) is 17.5 Å². The van der Waals surface area contributed by atoms with Gasteiger partial charge < -0.3 is 14.6 Å². The number of nitrogens with one attached hydrogen (secondary N) is 1. The molecule has 6 heteroatoms. The molecular weight excluding hydrogens is 176 g/mol. The number of ether oxygens (including phenoxy) is 1. The molecule has 0 radical (unpaired) electrons. The lowest BCUT2D eigenvalue weighted by Gasteiger charge is -1.96. The molecule has 0 aliphatic heterocycles. The van der Waals surface area contributed by atoms with Gasteiger partial charge in [-0.25, -0.2) is 4.79 Å². The normalized spacial score (nSPS) is 9.62. The number of aromatic carboxylic acids is 1. The number of carboxylic acids is 1. The first kappa shape index (κ1) is 9.24. The minimum atomic E-state index is -1.44. The summed E-state index contributed by atoms with van der Waals surface area (Å²) in [6, 6.07) is 1.06. The minimum Gasteiger partial charge on any atom is -0.543 e. The Morgan fingerprint density at radius 3 is 2.85 bits per heavy atom. The number of nitrogens with zero attached hydrogens (tertiary/aromatic N) is 1. The fraction of sp³-hybridized carbons (Fsp3) is 0.286. The summed E-state index contributed by atoms with van der Waals surface area (Å²) in [5.74, 6) is -2.07. The number of aromatic nitrogens is 2. The molecule has 0 aliphatic carbocycles. The van der Waals surface area contributed by atoms with Gasteiger partial charge in [-0.1, -0.05) is 0 Å². The Morgan fingerprint density at radius 2 is 2.38 bits per heavy atom. The van der Waals surface area contributed by atoms with Gasteiger partial charge in [0, 0.05) is 0 Å². The highest BCUT2D eigenvalue weighted by Crippen LogP contribution is 2.00. The number of H-pyrrole nitrogens is 1. The van der Waals surface area contributed by atoms with Gasteiger partial charge in [0.15, 0.2) is 0 Å². The van der Waals surface area contributed by atoms with Crippen LogP contribution in [0, 0.1) is 0 Å². The number of rotatable bonds is 3. The average Bonchev–Trinajstić information content (AvgIpc) is 2.52. The molecule has 1 aromatic rings. The van der Waals surface area contributed by atoms with Crippen LogP contribution >= 0.6 is 0 Å². The van der Waals surface area contributed by atoms with Crippen LogP contribution in [0.2, 0.25) is 0 Å². The molecule has 1 rings (SSSR count). The van der Waals surface area contributed by atoms with Crippen LogP contribution in [0.5, 0.6) is 0 Å². The summed E-state index contributed by atoms with van der Waals surface area (Å²) in [7, 11) is 0. The summed E-state index contributed by atoms with van der Waals surface area (Å²) in [5.41, 5.74) is -0.316. The fourth-order valence-corrected chi connectivity index (χ4v) is 0.740. The Morgan fingerprint density at radius 1 is 1.69 bits per heavy atom. The fourth-order valence-electron chi connectivity index (χ4n) is 0.740. The van der Waals surface area contributed by atoms with Gasteiger partial charge in [-0.15, -0.1) is 0 Å². The lowest BCUT2D eigenvalue weighted by Crippen LogP contribution is -2.22. The van der Waals surface area contributed by atoms with Crippen LogP contribution in [0.4, 0.5) is 0 Å². The van der Waals surface area contributed by atoms with Gasteiger partial charge in [0.05, 0.1) is 12.6 Å². The second-order valence-corrected chi connectivity index (χ2v) is 2.17. The molecule has 0 amide bonds. The molecule has 0 unspecified atom stereocenters. The Balaban J connectivity index is 2.79. The molecule has 0 saturated carbocycles. The smallest absolute Gasteiger partial charge is 0.356 e. The van der Waals surface area contributed by atoms with Gasteiger partial charge in [-0.05, 0) is 13.0 Å². The molecule has 1 heterocycles. The van der Waals surface area contributed by atoms with E-state index in [1.165, 1.54) is 0 Å². The standard InChI is InChI=1S/C7H8N2O4/c1-2-13-7(12)5-3-4(6(10)11)8-9-5/h3H,2H2,1H3,(H,8,9)(H,10,11)/p-1. The maximum absolute atomic E-state index is 11.0. The van der Waals surface area contributed by atoms with E-state index in [9.17, 15) is 14.7 Å². The van der Waals surface area contributed by atoms with Crippen molar-refractivity contribution in [2.75, 3.05) is 6.61 Å². The van der Waals surface area contributed by atoms with Gasteiger partial charge in [0.25, 0.3) is 0 Å². The predicted octanol–water partition coefficient (Wildman–Crippen LogP) is -1.05. The number of carboxylic acid groups (broad SMARTS) is 1. The van der Waals surface area contributed by atoms with Gasteiger partial charge in [-0.3, -0.25) is 5.10 Å². The van der Waals surface area contributed by atoms with Crippen LogP contribution in [0.25, 0.3) is 0 Å². The average molecular weight is 183 g/mol. The van der Waals surface area contributed by atoms with Crippen molar-refractivity contribution in [2.24, 2.45) is 0 Å². The molecule has 70 valence electrons. The monoisotopic (exact) mass is 183 g/mol. The van der Waals surface area contributed by atoms with E-state index in [1.807, 2.05) is 0 Å². The SMILES string of the molecule is CCOC(=O)c1cc(C(=O)[O-])n[nH]1. The van der Waals surface area contributed by atoms with Crippen LogP contribution in [0.15, 0.2) is 6.07 Å². The van der Waals surface area contributed by atoms with Crippen LogP contribution in [0.3, 0.4) is 0 Å². The molecule has 0 aromatic carbocycles. The maximum Gasteiger partial charge on any atom is 0.356 e. The lowest BCUT2D eigenvalue weighted by molar-refractivity contribution is -0.255. The van der Waals surface area contributed by atoms with E-state index in [0.29, 0.717) is 0 Å². The summed E-state index contributed by atoms with van der Waals surface area (Å²) in [6.07, 6.45) is 0. The van der Waals surface area contributed by atoms with E-state index < -0.39 is 11.9 Å². The first-order chi connectivity index (χ1) is 6.15. The summed E-state index contributed by atoms with van der Waals surface area (Å²) in [5, 5.41) is 15.8. The topological polar surface area (TPSA) is 95.1 Å². The van der Waals surface area contributed by atoms with Gasteiger partial charge in [0.1, 0.15) is 11.4 Å². The number of carbonyl (C=O) groups excluding carboxylic acids is 2. The molecule has 0 aliphatic rings. The molecule has 0 atom stereocenters. The third-order valence-corrected chi connectivity index (χ3v) is 1.28. The zero-order valence-electron chi connectivity index (χ0n) is 6.86. The third kappa shape index (κ3) is 2.05. The minimum absolute atomic E-state index is 0.000972. The van der Waals surface area contributed by atoms with E-state index in [2.05, 4.69) is 14.9 Å². The van der Waals surface area contributed by atoms with Crippen molar-refractivity contribution in [3.63, 3.8) is 0 Å². The molecule has 13 heavy (non-hydrogen) atoms. The summed E-state index contributed by atoms with van der Waals surface area (Å²) >= 11 is 0. The van der Waals surface area contributed by atoms with Crippen molar-refractivity contribution in [2.45, 2.75) is 6.92 Å². The van der Waals surface area contributed by atoms with E-state index in [4.69, 9.17) is 0 Å². The molecule has 0 spiro atoms.